The van der Waals surface area contributed by atoms with Crippen LogP contribution in [-0.2, 0) is 0 Å². The molecule has 1 aliphatic rings. The van der Waals surface area contributed by atoms with E-state index in [2.05, 4.69) is 10.6 Å². The fourth-order valence-electron chi connectivity index (χ4n) is 1.93. The lowest BCUT2D eigenvalue weighted by molar-refractivity contribution is -0.383. The fraction of sp³-hybridized carbons (Fsp3) is 0.500. The molecule has 0 bridgehead atoms. The number of benzene rings is 1. The Morgan fingerprint density at radius 3 is 2.61 bits per heavy atom. The van der Waals surface area contributed by atoms with Crippen molar-refractivity contribution in [2.75, 3.05) is 30.8 Å². The summed E-state index contributed by atoms with van der Waals surface area (Å²) in [6.45, 7) is 0.691. The van der Waals surface area contributed by atoms with Crippen molar-refractivity contribution < 1.29 is 10.0 Å². The van der Waals surface area contributed by atoms with E-state index in [0.29, 0.717) is 17.9 Å². The van der Waals surface area contributed by atoms with Crippen molar-refractivity contribution in [3.05, 3.63) is 28.3 Å². The van der Waals surface area contributed by atoms with Crippen LogP contribution >= 0.6 is 0 Å². The number of hydrogen-bond acceptors (Lipinski definition) is 5. The molecule has 0 amide bonds. The van der Waals surface area contributed by atoms with Crippen LogP contribution in [0.4, 0.5) is 17.1 Å². The van der Waals surface area contributed by atoms with Crippen LogP contribution < -0.4 is 10.6 Å². The molecule has 0 spiro atoms. The highest BCUT2D eigenvalue weighted by Gasteiger charge is 2.42. The van der Waals surface area contributed by atoms with Gasteiger partial charge in [0.25, 0.3) is 0 Å². The molecule has 0 heterocycles. The number of nitrogens with zero attached hydrogens (tertiary/aromatic N) is 1. The SMILES string of the molecule is CNc1cccc(NCC2(CO)CC2)c1[N+](=O)[O-]. The van der Waals surface area contributed by atoms with Crippen LogP contribution in [0.1, 0.15) is 12.8 Å². The van der Waals surface area contributed by atoms with Gasteiger partial charge in [-0.25, -0.2) is 0 Å². The quantitative estimate of drug-likeness (QED) is 0.530. The van der Waals surface area contributed by atoms with Crippen molar-refractivity contribution in [2.45, 2.75) is 12.8 Å². The molecule has 0 unspecified atom stereocenters. The molecule has 6 heteroatoms. The first-order chi connectivity index (χ1) is 8.62. The number of rotatable bonds is 6. The average Bonchev–Trinajstić information content (AvgIpc) is 3.16. The summed E-state index contributed by atoms with van der Waals surface area (Å²) in [7, 11) is 1.65. The molecule has 0 radical (unpaired) electrons. The molecule has 1 aromatic carbocycles. The van der Waals surface area contributed by atoms with Gasteiger partial charge in [0.05, 0.1) is 11.5 Å². The van der Waals surface area contributed by atoms with Gasteiger partial charge >= 0.3 is 5.69 Å². The zero-order chi connectivity index (χ0) is 13.2. The van der Waals surface area contributed by atoms with E-state index in [9.17, 15) is 15.2 Å². The minimum Gasteiger partial charge on any atom is -0.396 e. The molecule has 0 aliphatic heterocycles. The topological polar surface area (TPSA) is 87.4 Å². The molecular weight excluding hydrogens is 234 g/mol. The Morgan fingerprint density at radius 1 is 1.44 bits per heavy atom. The third kappa shape index (κ3) is 2.38. The molecule has 0 atom stereocenters. The van der Waals surface area contributed by atoms with Crippen molar-refractivity contribution in [3.63, 3.8) is 0 Å². The second kappa shape index (κ2) is 4.81. The molecule has 1 aromatic rings. The Balaban J connectivity index is 2.19. The standard InChI is InChI=1S/C12H17N3O3/c1-13-9-3-2-4-10(11(9)15(17)18)14-7-12(8-16)5-6-12/h2-4,13-14,16H,5-8H2,1H3. The monoisotopic (exact) mass is 251 g/mol. The van der Waals surface area contributed by atoms with Crippen LogP contribution in [0.5, 0.6) is 0 Å². The molecule has 0 saturated heterocycles. The van der Waals surface area contributed by atoms with E-state index >= 15 is 0 Å². The van der Waals surface area contributed by atoms with Gasteiger partial charge in [0.15, 0.2) is 0 Å². The second-order valence-electron chi connectivity index (χ2n) is 4.72. The first-order valence-electron chi connectivity index (χ1n) is 5.92. The summed E-state index contributed by atoms with van der Waals surface area (Å²) in [6.07, 6.45) is 1.94. The van der Waals surface area contributed by atoms with Crippen LogP contribution in [0.2, 0.25) is 0 Å². The predicted octanol–water partition coefficient (Wildman–Crippen LogP) is 1.82. The van der Waals surface area contributed by atoms with E-state index in [1.54, 1.807) is 25.2 Å². The van der Waals surface area contributed by atoms with Gasteiger partial charge in [0, 0.05) is 19.0 Å². The zero-order valence-corrected chi connectivity index (χ0v) is 10.3. The van der Waals surface area contributed by atoms with Crippen molar-refractivity contribution in [2.24, 2.45) is 5.41 Å². The highest BCUT2D eigenvalue weighted by Crippen LogP contribution is 2.45. The Hall–Kier alpha value is -1.82. The van der Waals surface area contributed by atoms with E-state index in [0.717, 1.165) is 12.8 Å². The summed E-state index contributed by atoms with van der Waals surface area (Å²) < 4.78 is 0. The van der Waals surface area contributed by atoms with Crippen LogP contribution in [0, 0.1) is 15.5 Å². The normalized spacial score (nSPS) is 16.1. The average molecular weight is 251 g/mol. The Kier molecular flexibility index (Phi) is 3.38. The molecule has 1 saturated carbocycles. The second-order valence-corrected chi connectivity index (χ2v) is 4.72. The number of nitro groups is 1. The van der Waals surface area contributed by atoms with Crippen molar-refractivity contribution in [1.82, 2.24) is 0 Å². The maximum atomic E-state index is 11.1. The lowest BCUT2D eigenvalue weighted by Gasteiger charge is -2.14. The predicted molar refractivity (Wildman–Crippen MR) is 69.9 cm³/mol. The summed E-state index contributed by atoms with van der Waals surface area (Å²) in [5.74, 6) is 0. The van der Waals surface area contributed by atoms with Gasteiger partial charge in [0.2, 0.25) is 0 Å². The lowest BCUT2D eigenvalue weighted by Crippen LogP contribution is -2.19. The summed E-state index contributed by atoms with van der Waals surface area (Å²) in [5, 5.41) is 26.2. The number of nitro benzene ring substituents is 1. The maximum Gasteiger partial charge on any atom is 0.315 e. The molecule has 1 fully saturated rings. The van der Waals surface area contributed by atoms with Gasteiger partial charge in [-0.2, -0.15) is 0 Å². The van der Waals surface area contributed by atoms with Crippen LogP contribution in [0.25, 0.3) is 0 Å². The first kappa shape index (κ1) is 12.6. The third-order valence-corrected chi connectivity index (χ3v) is 3.43. The smallest absolute Gasteiger partial charge is 0.315 e. The molecule has 2 rings (SSSR count). The number of anilines is 2. The van der Waals surface area contributed by atoms with Crippen LogP contribution in [-0.4, -0.2) is 30.2 Å². The highest BCUT2D eigenvalue weighted by molar-refractivity contribution is 5.76. The fourth-order valence-corrected chi connectivity index (χ4v) is 1.93. The highest BCUT2D eigenvalue weighted by atomic mass is 16.6. The van der Waals surface area contributed by atoms with Crippen LogP contribution in [0.15, 0.2) is 18.2 Å². The Bertz CT molecular complexity index is 458. The van der Waals surface area contributed by atoms with Gasteiger partial charge in [0.1, 0.15) is 11.4 Å². The first-order valence-corrected chi connectivity index (χ1v) is 5.92. The van der Waals surface area contributed by atoms with Gasteiger partial charge in [-0.05, 0) is 25.0 Å². The third-order valence-electron chi connectivity index (χ3n) is 3.43. The van der Waals surface area contributed by atoms with E-state index in [-0.39, 0.29) is 17.7 Å². The molecule has 6 nitrogen and oxygen atoms in total. The maximum absolute atomic E-state index is 11.1. The van der Waals surface area contributed by atoms with Crippen molar-refractivity contribution >= 4 is 17.1 Å². The lowest BCUT2D eigenvalue weighted by atomic mass is 10.1. The summed E-state index contributed by atoms with van der Waals surface area (Å²) in [4.78, 5) is 10.7. The zero-order valence-electron chi connectivity index (χ0n) is 10.3. The minimum atomic E-state index is -0.396. The van der Waals surface area contributed by atoms with Gasteiger partial charge in [-0.3, -0.25) is 10.1 Å². The number of aliphatic hydroxyl groups excluding tert-OH is 1. The van der Waals surface area contributed by atoms with E-state index < -0.39 is 4.92 Å². The molecule has 3 N–H and O–H groups in total. The molecule has 0 aromatic heterocycles. The number of aliphatic hydroxyl groups is 1. The van der Waals surface area contributed by atoms with Gasteiger partial charge in [-0.15, -0.1) is 0 Å². The van der Waals surface area contributed by atoms with E-state index in [4.69, 9.17) is 0 Å². The molecule has 1 aliphatic carbocycles. The molecule has 18 heavy (non-hydrogen) atoms. The van der Waals surface area contributed by atoms with E-state index in [1.807, 2.05) is 0 Å². The molecular formula is C12H17N3O3. The summed E-state index contributed by atoms with van der Waals surface area (Å²) >= 11 is 0. The van der Waals surface area contributed by atoms with Gasteiger partial charge in [-0.1, -0.05) is 6.07 Å². The Labute approximate surface area is 105 Å². The number of para-hydroxylation sites is 1. The Morgan fingerprint density at radius 2 is 2.11 bits per heavy atom. The van der Waals surface area contributed by atoms with Gasteiger partial charge < -0.3 is 15.7 Å². The number of nitrogens with one attached hydrogen (secondary N) is 2. The number of hydrogen-bond donors (Lipinski definition) is 3. The minimum absolute atomic E-state index is 0.0498. The van der Waals surface area contributed by atoms with Crippen LogP contribution in [0.3, 0.4) is 0 Å². The van der Waals surface area contributed by atoms with Crippen molar-refractivity contribution in [1.29, 1.82) is 0 Å². The van der Waals surface area contributed by atoms with E-state index in [1.165, 1.54) is 0 Å². The largest absolute Gasteiger partial charge is 0.396 e. The molecule has 98 valence electrons. The van der Waals surface area contributed by atoms with Crippen molar-refractivity contribution in [3.8, 4) is 0 Å². The summed E-state index contributed by atoms with van der Waals surface area (Å²) in [5.41, 5.74) is 0.947. The summed E-state index contributed by atoms with van der Waals surface area (Å²) in [6, 6.07) is 5.12.